The molecule has 30 heavy (non-hydrogen) atoms. The Hall–Kier alpha value is -0.940. The summed E-state index contributed by atoms with van der Waals surface area (Å²) < 4.78 is 2.39. The first-order valence-electron chi connectivity index (χ1n) is 10.4. The molecule has 9 heteroatoms. The summed E-state index contributed by atoms with van der Waals surface area (Å²) in [6, 6.07) is 11.1. The summed E-state index contributed by atoms with van der Waals surface area (Å²) >= 11 is 3.55. The molecule has 1 saturated carbocycles. The summed E-state index contributed by atoms with van der Waals surface area (Å²) in [5.74, 6) is 3.00. The molecule has 0 atom stereocenters. The van der Waals surface area contributed by atoms with E-state index in [1.165, 1.54) is 30.6 Å². The number of guanidine groups is 1. The van der Waals surface area contributed by atoms with Gasteiger partial charge in [0.2, 0.25) is 0 Å². The number of hydrogen-bond donors (Lipinski definition) is 2. The molecule has 6 nitrogen and oxygen atoms in total. The summed E-state index contributed by atoms with van der Waals surface area (Å²) in [6.07, 6.45) is 9.20. The van der Waals surface area contributed by atoms with Crippen LogP contribution in [0.4, 0.5) is 0 Å². The Morgan fingerprint density at radius 2 is 1.87 bits per heavy atom. The van der Waals surface area contributed by atoms with Gasteiger partial charge < -0.3 is 15.2 Å². The number of aromatic nitrogens is 3. The fourth-order valence-electron chi connectivity index (χ4n) is 3.68. The van der Waals surface area contributed by atoms with Crippen LogP contribution in [0.5, 0.6) is 0 Å². The highest BCUT2D eigenvalue weighted by Gasteiger charge is 2.23. The van der Waals surface area contributed by atoms with Crippen molar-refractivity contribution in [3.63, 3.8) is 0 Å². The Kier molecular flexibility index (Phi) is 12.0. The summed E-state index contributed by atoms with van der Waals surface area (Å²) in [6.45, 7) is 1.75. The Morgan fingerprint density at radius 3 is 2.57 bits per heavy atom. The van der Waals surface area contributed by atoms with Crippen molar-refractivity contribution in [3.8, 4) is 0 Å². The first-order chi connectivity index (χ1) is 14.3. The number of thioether (sulfide) groups is 2. The molecule has 1 aromatic carbocycles. The second-order valence-corrected chi connectivity index (χ2v) is 9.04. The van der Waals surface area contributed by atoms with Crippen molar-refractivity contribution in [2.75, 3.05) is 32.1 Å². The van der Waals surface area contributed by atoms with Crippen LogP contribution in [0, 0.1) is 0 Å². The molecule has 0 bridgehead atoms. The molecule has 3 rings (SSSR count). The Morgan fingerprint density at radius 1 is 1.13 bits per heavy atom. The molecule has 0 amide bonds. The van der Waals surface area contributed by atoms with Crippen molar-refractivity contribution in [1.29, 1.82) is 0 Å². The Balaban J connectivity index is 0.00000320. The van der Waals surface area contributed by atoms with E-state index >= 15 is 0 Å². The summed E-state index contributed by atoms with van der Waals surface area (Å²) in [5.41, 5.74) is 0. The highest BCUT2D eigenvalue weighted by atomic mass is 127. The molecule has 0 radical (unpaired) electrons. The van der Waals surface area contributed by atoms with Gasteiger partial charge in [-0.25, -0.2) is 0 Å². The third kappa shape index (κ3) is 7.64. The molecule has 0 spiro atoms. The third-order valence-corrected chi connectivity index (χ3v) is 6.76. The molecule has 2 aromatic rings. The van der Waals surface area contributed by atoms with Gasteiger partial charge in [0.1, 0.15) is 5.82 Å². The lowest BCUT2D eigenvalue weighted by Crippen LogP contribution is -2.39. The van der Waals surface area contributed by atoms with E-state index in [0.717, 1.165) is 48.6 Å². The average molecular weight is 561 g/mol. The summed E-state index contributed by atoms with van der Waals surface area (Å²) in [4.78, 5) is 5.62. The molecule has 1 heterocycles. The molecule has 0 aliphatic heterocycles. The van der Waals surface area contributed by atoms with Crippen molar-refractivity contribution in [2.45, 2.75) is 54.6 Å². The van der Waals surface area contributed by atoms with Crippen LogP contribution < -0.4 is 10.6 Å². The zero-order valence-corrected chi connectivity index (χ0v) is 21.8. The van der Waals surface area contributed by atoms with Crippen LogP contribution in [-0.2, 0) is 6.42 Å². The normalized spacial score (nSPS) is 14.5. The van der Waals surface area contributed by atoms with Crippen molar-refractivity contribution < 1.29 is 0 Å². The lowest BCUT2D eigenvalue weighted by molar-refractivity contribution is 0.460. The van der Waals surface area contributed by atoms with Crippen molar-refractivity contribution in [2.24, 2.45) is 4.99 Å². The number of rotatable bonds is 10. The lowest BCUT2D eigenvalue weighted by Gasteiger charge is -2.16. The molecule has 2 N–H and O–H groups in total. The maximum atomic E-state index is 4.47. The van der Waals surface area contributed by atoms with Gasteiger partial charge in [-0.3, -0.25) is 4.99 Å². The van der Waals surface area contributed by atoms with E-state index in [2.05, 4.69) is 60.9 Å². The third-order valence-electron chi connectivity index (χ3n) is 5.11. The van der Waals surface area contributed by atoms with Gasteiger partial charge in [0.15, 0.2) is 11.1 Å². The highest BCUT2D eigenvalue weighted by Crippen LogP contribution is 2.33. The van der Waals surface area contributed by atoms with E-state index in [0.29, 0.717) is 6.04 Å². The summed E-state index contributed by atoms with van der Waals surface area (Å²) in [7, 11) is 1.82. The van der Waals surface area contributed by atoms with E-state index in [1.807, 2.05) is 24.9 Å². The van der Waals surface area contributed by atoms with Gasteiger partial charge in [-0.1, -0.05) is 42.8 Å². The summed E-state index contributed by atoms with van der Waals surface area (Å²) in [5, 5.41) is 16.7. The Labute approximate surface area is 205 Å². The monoisotopic (exact) mass is 560 g/mol. The minimum absolute atomic E-state index is 0. The van der Waals surface area contributed by atoms with Gasteiger partial charge in [0, 0.05) is 43.2 Å². The maximum absolute atomic E-state index is 4.47. The number of benzene rings is 1. The minimum Gasteiger partial charge on any atom is -0.356 e. The van der Waals surface area contributed by atoms with Gasteiger partial charge in [0.05, 0.1) is 0 Å². The van der Waals surface area contributed by atoms with Crippen LogP contribution in [0.15, 0.2) is 45.4 Å². The van der Waals surface area contributed by atoms with Crippen LogP contribution in [0.25, 0.3) is 0 Å². The van der Waals surface area contributed by atoms with Crippen LogP contribution in [0.3, 0.4) is 0 Å². The molecule has 1 aliphatic rings. The number of nitrogens with zero attached hydrogens (tertiary/aromatic N) is 4. The fraction of sp³-hybridized carbons (Fsp3) is 0.571. The molecule has 1 aromatic heterocycles. The standard InChI is InChI=1S/C21H32N6S2.HI/c1-22-20(24-15-16-29-18-11-4-3-5-12-18)23-14-8-13-19-25-26-21(28-2)27(19)17-9-6-7-10-17;/h3-5,11-12,17H,6-10,13-16H2,1-2H3,(H2,22,23,24);1H. The van der Waals surface area contributed by atoms with Gasteiger partial charge in [-0.05, 0) is 37.7 Å². The van der Waals surface area contributed by atoms with E-state index in [4.69, 9.17) is 0 Å². The highest BCUT2D eigenvalue weighted by molar-refractivity contribution is 14.0. The van der Waals surface area contributed by atoms with Crippen LogP contribution in [0.1, 0.15) is 44.0 Å². The number of aliphatic imine (C=N–C) groups is 1. The number of aryl methyl sites for hydroxylation is 1. The van der Waals surface area contributed by atoms with Gasteiger partial charge >= 0.3 is 0 Å². The molecule has 1 aliphatic carbocycles. The largest absolute Gasteiger partial charge is 0.356 e. The van der Waals surface area contributed by atoms with Crippen LogP contribution in [0.2, 0.25) is 0 Å². The minimum atomic E-state index is 0. The van der Waals surface area contributed by atoms with Crippen molar-refractivity contribution in [3.05, 3.63) is 36.2 Å². The van der Waals surface area contributed by atoms with Gasteiger partial charge in [0.25, 0.3) is 0 Å². The van der Waals surface area contributed by atoms with E-state index in [1.54, 1.807) is 11.8 Å². The second-order valence-electron chi connectivity index (χ2n) is 7.10. The van der Waals surface area contributed by atoms with E-state index in [9.17, 15) is 0 Å². The quantitative estimate of drug-likeness (QED) is 0.145. The van der Waals surface area contributed by atoms with E-state index in [-0.39, 0.29) is 24.0 Å². The predicted octanol–water partition coefficient (Wildman–Crippen LogP) is 4.62. The lowest BCUT2D eigenvalue weighted by atomic mass is 10.2. The molecule has 166 valence electrons. The average Bonchev–Trinajstić information content (AvgIpc) is 3.42. The number of halogens is 1. The van der Waals surface area contributed by atoms with Gasteiger partial charge in [-0.15, -0.1) is 45.9 Å². The smallest absolute Gasteiger partial charge is 0.191 e. The predicted molar refractivity (Wildman–Crippen MR) is 140 cm³/mol. The second kappa shape index (κ2) is 14.2. The maximum Gasteiger partial charge on any atom is 0.191 e. The van der Waals surface area contributed by atoms with E-state index < -0.39 is 0 Å². The van der Waals surface area contributed by atoms with Crippen molar-refractivity contribution in [1.82, 2.24) is 25.4 Å². The number of hydrogen-bond acceptors (Lipinski definition) is 5. The topological polar surface area (TPSA) is 67.1 Å². The first-order valence-corrected chi connectivity index (χ1v) is 12.6. The molecular formula is C21H33IN6S2. The first kappa shape index (κ1) is 25.3. The number of nitrogens with one attached hydrogen (secondary N) is 2. The molecular weight excluding hydrogens is 527 g/mol. The van der Waals surface area contributed by atoms with Crippen molar-refractivity contribution >= 4 is 53.5 Å². The zero-order chi connectivity index (χ0) is 20.3. The van der Waals surface area contributed by atoms with Crippen LogP contribution in [-0.4, -0.2) is 52.9 Å². The van der Waals surface area contributed by atoms with Gasteiger partial charge in [-0.2, -0.15) is 0 Å². The molecule has 1 fully saturated rings. The Bertz CT molecular complexity index is 762. The van der Waals surface area contributed by atoms with Crippen LogP contribution >= 0.6 is 47.5 Å². The molecule has 0 unspecified atom stereocenters. The SMILES string of the molecule is CN=C(NCCCc1nnc(SC)n1C1CCCC1)NCCSc1ccccc1.I. The molecule has 0 saturated heterocycles. The fourth-order valence-corrected chi connectivity index (χ4v) is 5.04. The zero-order valence-electron chi connectivity index (χ0n) is 17.8.